The Kier molecular flexibility index (Phi) is 10.0. The van der Waals surface area contributed by atoms with E-state index in [2.05, 4.69) is 5.32 Å². The predicted molar refractivity (Wildman–Crippen MR) is 93.2 cm³/mol. The maximum absolute atomic E-state index is 12.5. The highest BCUT2D eigenvalue weighted by atomic mass is 16.3. The summed E-state index contributed by atoms with van der Waals surface area (Å²) in [5.41, 5.74) is 11.7. The van der Waals surface area contributed by atoms with Crippen LogP contribution in [0.4, 0.5) is 0 Å². The number of rotatable bonds is 12. The number of nitrogens with zero attached hydrogens (tertiary/aromatic N) is 1. The zero-order chi connectivity index (χ0) is 16.9. The van der Waals surface area contributed by atoms with E-state index in [-0.39, 0.29) is 18.1 Å². The summed E-state index contributed by atoms with van der Waals surface area (Å²) in [6.45, 7) is 4.38. The molecule has 0 aromatic heterocycles. The number of phenolic OH excluding ortho intramolecular Hbond substituents is 1. The molecular formula is C17H30N4O2. The first-order valence-corrected chi connectivity index (χ1v) is 8.34. The molecule has 1 amide bonds. The van der Waals surface area contributed by atoms with E-state index in [4.69, 9.17) is 11.5 Å². The molecule has 0 saturated heterocycles. The molecule has 1 rings (SSSR count). The maximum Gasteiger partial charge on any atom is 0.227 e. The third-order valence-corrected chi connectivity index (χ3v) is 3.66. The molecule has 0 aliphatic carbocycles. The van der Waals surface area contributed by atoms with Crippen molar-refractivity contribution >= 4 is 5.91 Å². The van der Waals surface area contributed by atoms with Gasteiger partial charge >= 0.3 is 0 Å². The number of hydrogen-bond donors (Lipinski definition) is 4. The topological polar surface area (TPSA) is 105 Å². The smallest absolute Gasteiger partial charge is 0.227 e. The fourth-order valence-corrected chi connectivity index (χ4v) is 2.33. The summed E-state index contributed by atoms with van der Waals surface area (Å²) in [4.78, 5) is 14.3. The molecule has 6 N–H and O–H groups in total. The van der Waals surface area contributed by atoms with Gasteiger partial charge in [-0.1, -0.05) is 18.2 Å². The zero-order valence-electron chi connectivity index (χ0n) is 13.8. The molecule has 1 aromatic rings. The quantitative estimate of drug-likeness (QED) is 0.418. The van der Waals surface area contributed by atoms with Gasteiger partial charge in [0.25, 0.3) is 0 Å². The van der Waals surface area contributed by atoms with Crippen LogP contribution in [-0.2, 0) is 11.2 Å². The molecule has 0 radical (unpaired) electrons. The Morgan fingerprint density at radius 2 is 1.70 bits per heavy atom. The molecule has 0 atom stereocenters. The van der Waals surface area contributed by atoms with Crippen LogP contribution in [0.1, 0.15) is 24.8 Å². The molecule has 0 fully saturated rings. The van der Waals surface area contributed by atoms with E-state index in [1.54, 1.807) is 18.2 Å². The first-order valence-electron chi connectivity index (χ1n) is 8.34. The van der Waals surface area contributed by atoms with Gasteiger partial charge in [-0.3, -0.25) is 4.79 Å². The highest BCUT2D eigenvalue weighted by Crippen LogP contribution is 2.17. The Morgan fingerprint density at radius 3 is 2.39 bits per heavy atom. The van der Waals surface area contributed by atoms with Crippen LogP contribution >= 0.6 is 0 Å². The van der Waals surface area contributed by atoms with Gasteiger partial charge in [0.05, 0.1) is 6.42 Å². The van der Waals surface area contributed by atoms with E-state index in [1.165, 1.54) is 0 Å². The lowest BCUT2D eigenvalue weighted by Crippen LogP contribution is -2.36. The number of nitrogens with one attached hydrogen (secondary N) is 1. The largest absolute Gasteiger partial charge is 0.508 e. The van der Waals surface area contributed by atoms with Crippen LogP contribution in [-0.4, -0.2) is 55.2 Å². The van der Waals surface area contributed by atoms with Crippen LogP contribution in [0.3, 0.4) is 0 Å². The second kappa shape index (κ2) is 11.9. The second-order valence-electron chi connectivity index (χ2n) is 5.57. The minimum Gasteiger partial charge on any atom is -0.508 e. The van der Waals surface area contributed by atoms with E-state index < -0.39 is 0 Å². The number of benzene rings is 1. The highest BCUT2D eigenvalue weighted by molar-refractivity contribution is 5.79. The van der Waals surface area contributed by atoms with Crippen molar-refractivity contribution < 1.29 is 9.90 Å². The molecule has 23 heavy (non-hydrogen) atoms. The van der Waals surface area contributed by atoms with Gasteiger partial charge in [0.1, 0.15) is 5.75 Å². The van der Waals surface area contributed by atoms with Crippen LogP contribution in [0.2, 0.25) is 0 Å². The molecule has 0 bridgehead atoms. The Morgan fingerprint density at radius 1 is 1.04 bits per heavy atom. The number of hydrogen-bond acceptors (Lipinski definition) is 5. The van der Waals surface area contributed by atoms with Crippen LogP contribution in [0.15, 0.2) is 24.3 Å². The lowest BCUT2D eigenvalue weighted by Gasteiger charge is -2.23. The minimum absolute atomic E-state index is 0.0295. The maximum atomic E-state index is 12.5. The summed E-state index contributed by atoms with van der Waals surface area (Å²) < 4.78 is 0. The number of carbonyl (C=O) groups excluding carboxylic acids is 1. The Balaban J connectivity index is 2.45. The number of carbonyl (C=O) groups is 1. The molecule has 0 aliphatic heterocycles. The first-order chi connectivity index (χ1) is 11.2. The number of amides is 1. The van der Waals surface area contributed by atoms with E-state index in [1.807, 2.05) is 11.0 Å². The molecule has 1 aromatic carbocycles. The fourth-order valence-electron chi connectivity index (χ4n) is 2.33. The van der Waals surface area contributed by atoms with Gasteiger partial charge in [-0.15, -0.1) is 0 Å². The molecule has 0 heterocycles. The van der Waals surface area contributed by atoms with Crippen LogP contribution in [0.25, 0.3) is 0 Å². The zero-order valence-corrected chi connectivity index (χ0v) is 13.8. The standard InChI is InChI=1S/C17H30N4O2/c18-8-3-10-20-11-5-13-21(12-4-9-19)17(23)14-15-6-1-2-7-16(15)22/h1-2,6-7,20,22H,3-5,8-14,18-19H2. The molecule has 6 nitrogen and oxygen atoms in total. The van der Waals surface area contributed by atoms with Crippen molar-refractivity contribution in [3.63, 3.8) is 0 Å². The van der Waals surface area contributed by atoms with Crippen molar-refractivity contribution in [2.24, 2.45) is 11.5 Å². The summed E-state index contributed by atoms with van der Waals surface area (Å²) in [5, 5.41) is 13.1. The van der Waals surface area contributed by atoms with Gasteiger partial charge in [-0.25, -0.2) is 0 Å². The van der Waals surface area contributed by atoms with Crippen molar-refractivity contribution in [3.05, 3.63) is 29.8 Å². The van der Waals surface area contributed by atoms with Gasteiger partial charge in [0, 0.05) is 18.7 Å². The van der Waals surface area contributed by atoms with Crippen LogP contribution in [0.5, 0.6) is 5.75 Å². The van der Waals surface area contributed by atoms with Gasteiger partial charge in [0.15, 0.2) is 0 Å². The lowest BCUT2D eigenvalue weighted by atomic mass is 10.1. The Bertz CT molecular complexity index is 454. The molecule has 0 unspecified atom stereocenters. The minimum atomic E-state index is 0.0295. The van der Waals surface area contributed by atoms with Crippen LogP contribution < -0.4 is 16.8 Å². The SMILES string of the molecule is NCCCNCCCN(CCCN)C(=O)Cc1ccccc1O. The predicted octanol–water partition coefficient (Wildman–Crippen LogP) is 0.441. The number of phenols is 1. The van der Waals surface area contributed by atoms with Crippen LogP contribution in [0, 0.1) is 0 Å². The molecule has 130 valence electrons. The fraction of sp³-hybridized carbons (Fsp3) is 0.588. The average Bonchev–Trinajstić information content (AvgIpc) is 2.55. The summed E-state index contributed by atoms with van der Waals surface area (Å²) in [7, 11) is 0. The first kappa shape index (κ1) is 19.4. The number of nitrogens with two attached hydrogens (primary N) is 2. The third-order valence-electron chi connectivity index (χ3n) is 3.66. The van der Waals surface area contributed by atoms with E-state index in [0.29, 0.717) is 31.7 Å². The monoisotopic (exact) mass is 322 g/mol. The van der Waals surface area contributed by atoms with Crippen molar-refractivity contribution in [1.82, 2.24) is 10.2 Å². The highest BCUT2D eigenvalue weighted by Gasteiger charge is 2.14. The molecule has 6 heteroatoms. The third kappa shape index (κ3) is 7.97. The Labute approximate surface area is 138 Å². The van der Waals surface area contributed by atoms with E-state index in [9.17, 15) is 9.90 Å². The summed E-state index contributed by atoms with van der Waals surface area (Å²) in [6.07, 6.45) is 2.86. The van der Waals surface area contributed by atoms with Gasteiger partial charge in [-0.2, -0.15) is 0 Å². The Hall–Kier alpha value is -1.63. The van der Waals surface area contributed by atoms with Gasteiger partial charge in [-0.05, 0) is 51.5 Å². The normalized spacial score (nSPS) is 10.7. The van der Waals surface area contributed by atoms with Crippen molar-refractivity contribution in [2.75, 3.05) is 39.3 Å². The molecule has 0 saturated carbocycles. The molecule has 0 spiro atoms. The van der Waals surface area contributed by atoms with Crippen molar-refractivity contribution in [2.45, 2.75) is 25.7 Å². The summed E-state index contributed by atoms with van der Waals surface area (Å²) in [6, 6.07) is 6.97. The second-order valence-corrected chi connectivity index (χ2v) is 5.57. The number of para-hydroxylation sites is 1. The van der Waals surface area contributed by atoms with E-state index >= 15 is 0 Å². The van der Waals surface area contributed by atoms with Crippen molar-refractivity contribution in [1.29, 1.82) is 0 Å². The lowest BCUT2D eigenvalue weighted by molar-refractivity contribution is -0.130. The summed E-state index contributed by atoms with van der Waals surface area (Å²) >= 11 is 0. The molecule has 0 aliphatic rings. The van der Waals surface area contributed by atoms with Crippen molar-refractivity contribution in [3.8, 4) is 5.75 Å². The number of aromatic hydroxyl groups is 1. The average molecular weight is 322 g/mol. The van der Waals surface area contributed by atoms with Gasteiger partial charge < -0.3 is 26.8 Å². The van der Waals surface area contributed by atoms with E-state index in [0.717, 1.165) is 32.4 Å². The molecular weight excluding hydrogens is 292 g/mol. The summed E-state index contributed by atoms with van der Waals surface area (Å²) in [5.74, 6) is 0.199. The van der Waals surface area contributed by atoms with Gasteiger partial charge in [0.2, 0.25) is 5.91 Å².